The first-order valence-corrected chi connectivity index (χ1v) is 13.7. The minimum absolute atomic E-state index is 0.250. The Labute approximate surface area is 205 Å². The van der Waals surface area contributed by atoms with Crippen LogP contribution in [0.25, 0.3) is 33.4 Å². The monoisotopic (exact) mass is 492 g/mol. The average molecular weight is 493 g/mol. The molecular formula is C27H29FN4O2S. The van der Waals surface area contributed by atoms with Crippen molar-refractivity contribution in [3.05, 3.63) is 72.7 Å². The highest BCUT2D eigenvalue weighted by molar-refractivity contribution is 7.91. The van der Waals surface area contributed by atoms with Crippen LogP contribution >= 0.6 is 0 Å². The van der Waals surface area contributed by atoms with Crippen LogP contribution in [-0.4, -0.2) is 61.1 Å². The van der Waals surface area contributed by atoms with Crippen molar-refractivity contribution in [3.8, 4) is 22.4 Å². The zero-order valence-corrected chi connectivity index (χ0v) is 20.6. The summed E-state index contributed by atoms with van der Waals surface area (Å²) < 4.78 is 40.0. The number of halogens is 1. The molecule has 3 heterocycles. The lowest BCUT2D eigenvalue weighted by molar-refractivity contribution is 0.286. The molecule has 0 aliphatic carbocycles. The molecule has 0 amide bonds. The molecule has 2 aromatic carbocycles. The molecule has 0 spiro atoms. The third-order valence-corrected chi connectivity index (χ3v) is 8.26. The number of sulfone groups is 1. The molecule has 35 heavy (non-hydrogen) atoms. The maximum Gasteiger partial charge on any atom is 0.152 e. The molecule has 1 N–H and O–H groups in total. The Kier molecular flexibility index (Phi) is 6.58. The lowest BCUT2D eigenvalue weighted by Gasteiger charge is -2.26. The first kappa shape index (κ1) is 23.5. The number of rotatable bonds is 7. The summed E-state index contributed by atoms with van der Waals surface area (Å²) in [5.41, 5.74) is 5.95. The Morgan fingerprint density at radius 1 is 0.971 bits per heavy atom. The summed E-state index contributed by atoms with van der Waals surface area (Å²) in [5.74, 6) is 0.193. The van der Waals surface area contributed by atoms with E-state index in [0.29, 0.717) is 18.8 Å². The van der Waals surface area contributed by atoms with Gasteiger partial charge in [0.15, 0.2) is 9.84 Å². The van der Waals surface area contributed by atoms with Crippen molar-refractivity contribution in [2.45, 2.75) is 13.0 Å². The molecular weight excluding hydrogens is 463 g/mol. The number of fused-ring (bicyclic) bond motifs is 1. The predicted octanol–water partition coefficient (Wildman–Crippen LogP) is 4.67. The summed E-state index contributed by atoms with van der Waals surface area (Å²) in [5, 5.41) is 2.85. The highest BCUT2D eigenvalue weighted by Crippen LogP contribution is 2.32. The van der Waals surface area contributed by atoms with Crippen LogP contribution in [0.1, 0.15) is 6.42 Å². The number of nitrogens with one attached hydrogen (secondary N) is 1. The van der Waals surface area contributed by atoms with Gasteiger partial charge in [0.1, 0.15) is 5.82 Å². The lowest BCUT2D eigenvalue weighted by atomic mass is 10.1. The van der Waals surface area contributed by atoms with E-state index >= 15 is 0 Å². The molecule has 6 nitrogen and oxygen atoms in total. The van der Waals surface area contributed by atoms with Gasteiger partial charge in [0.2, 0.25) is 0 Å². The van der Waals surface area contributed by atoms with E-state index in [0.717, 1.165) is 52.9 Å². The largest absolute Gasteiger partial charge is 0.386 e. The smallest absolute Gasteiger partial charge is 0.152 e. The van der Waals surface area contributed by atoms with Gasteiger partial charge in [0.25, 0.3) is 0 Å². The van der Waals surface area contributed by atoms with Crippen molar-refractivity contribution >= 4 is 26.6 Å². The van der Waals surface area contributed by atoms with E-state index in [-0.39, 0.29) is 17.3 Å². The number of pyridine rings is 1. The van der Waals surface area contributed by atoms with E-state index in [1.165, 1.54) is 6.07 Å². The van der Waals surface area contributed by atoms with Gasteiger partial charge in [0, 0.05) is 44.0 Å². The molecule has 1 aliphatic rings. The normalized spacial score (nSPS) is 15.9. The standard InChI is InChI=1S/C27H29FN4O2S/c1-29-25-9-8-21(18-23(25)28)24-10-11-26-27(30-24)22(20-6-3-2-4-7-20)19-32(26)13-5-12-31-14-16-35(33,34)17-15-31/h2-4,6-11,18-19,29H,5,12-17H2,1H3. The average Bonchev–Trinajstić information content (AvgIpc) is 3.23. The minimum Gasteiger partial charge on any atom is -0.386 e. The molecule has 1 saturated heterocycles. The quantitative estimate of drug-likeness (QED) is 0.406. The third kappa shape index (κ3) is 5.09. The first-order valence-electron chi connectivity index (χ1n) is 11.9. The second-order valence-corrected chi connectivity index (χ2v) is 11.3. The molecule has 0 atom stereocenters. The van der Waals surface area contributed by atoms with E-state index in [1.807, 2.05) is 30.3 Å². The van der Waals surface area contributed by atoms with Gasteiger partial charge in [0.05, 0.1) is 33.9 Å². The topological polar surface area (TPSA) is 67.2 Å². The van der Waals surface area contributed by atoms with Crippen LogP contribution in [0.4, 0.5) is 10.1 Å². The fourth-order valence-corrected chi connectivity index (χ4v) is 5.94. The van der Waals surface area contributed by atoms with Gasteiger partial charge >= 0.3 is 0 Å². The van der Waals surface area contributed by atoms with Crippen molar-refractivity contribution in [2.75, 3.05) is 43.5 Å². The first-order chi connectivity index (χ1) is 16.9. The van der Waals surface area contributed by atoms with Gasteiger partial charge in [-0.05, 0) is 42.8 Å². The summed E-state index contributed by atoms with van der Waals surface area (Å²) in [6.45, 7) is 2.88. The van der Waals surface area contributed by atoms with Crippen molar-refractivity contribution in [2.24, 2.45) is 0 Å². The number of anilines is 1. The Balaban J connectivity index is 1.44. The van der Waals surface area contributed by atoms with Gasteiger partial charge in [-0.15, -0.1) is 0 Å². The Morgan fingerprint density at radius 2 is 1.74 bits per heavy atom. The van der Waals surface area contributed by atoms with E-state index in [4.69, 9.17) is 4.98 Å². The van der Waals surface area contributed by atoms with E-state index in [9.17, 15) is 12.8 Å². The van der Waals surface area contributed by atoms with Gasteiger partial charge in [-0.3, -0.25) is 0 Å². The number of nitrogens with zero attached hydrogens (tertiary/aromatic N) is 3. The summed E-state index contributed by atoms with van der Waals surface area (Å²) in [4.78, 5) is 7.19. The van der Waals surface area contributed by atoms with Gasteiger partial charge < -0.3 is 14.8 Å². The van der Waals surface area contributed by atoms with Crippen LogP contribution in [0.5, 0.6) is 0 Å². The molecule has 1 fully saturated rings. The zero-order chi connectivity index (χ0) is 24.4. The molecule has 0 unspecified atom stereocenters. The minimum atomic E-state index is -2.86. The predicted molar refractivity (Wildman–Crippen MR) is 140 cm³/mol. The van der Waals surface area contributed by atoms with Crippen LogP contribution < -0.4 is 5.32 Å². The maximum atomic E-state index is 14.4. The highest BCUT2D eigenvalue weighted by Gasteiger charge is 2.21. The van der Waals surface area contributed by atoms with Crippen LogP contribution in [0.2, 0.25) is 0 Å². The second-order valence-electron chi connectivity index (χ2n) is 8.96. The molecule has 0 bridgehead atoms. The molecule has 0 radical (unpaired) electrons. The number of aromatic nitrogens is 2. The van der Waals surface area contributed by atoms with Crippen molar-refractivity contribution in [3.63, 3.8) is 0 Å². The van der Waals surface area contributed by atoms with Gasteiger partial charge in [-0.2, -0.15) is 0 Å². The van der Waals surface area contributed by atoms with Gasteiger partial charge in [-0.1, -0.05) is 36.4 Å². The Morgan fingerprint density at radius 3 is 2.46 bits per heavy atom. The van der Waals surface area contributed by atoms with Crippen molar-refractivity contribution in [1.82, 2.24) is 14.5 Å². The Hall–Kier alpha value is -3.23. The Bertz CT molecular complexity index is 1440. The second kappa shape index (κ2) is 9.79. The van der Waals surface area contributed by atoms with E-state index in [2.05, 4.69) is 39.2 Å². The molecule has 0 saturated carbocycles. The molecule has 4 aromatic rings. The fourth-order valence-electron chi connectivity index (χ4n) is 4.66. The SMILES string of the molecule is CNc1ccc(-c2ccc3c(n2)c(-c2ccccc2)cn3CCCN2CCS(=O)(=O)CC2)cc1F. The van der Waals surface area contributed by atoms with Crippen LogP contribution in [-0.2, 0) is 16.4 Å². The number of aryl methyl sites for hydroxylation is 1. The summed E-state index contributed by atoms with van der Waals surface area (Å²) in [6, 6.07) is 19.3. The molecule has 1 aliphatic heterocycles. The maximum absolute atomic E-state index is 14.4. The van der Waals surface area contributed by atoms with Crippen molar-refractivity contribution in [1.29, 1.82) is 0 Å². The third-order valence-electron chi connectivity index (χ3n) is 6.65. The number of hydrogen-bond acceptors (Lipinski definition) is 5. The number of benzene rings is 2. The summed E-state index contributed by atoms with van der Waals surface area (Å²) in [6.07, 6.45) is 3.05. The summed E-state index contributed by atoms with van der Waals surface area (Å²) in [7, 11) is -1.17. The fraction of sp³-hybridized carbons (Fsp3) is 0.296. The molecule has 5 rings (SSSR count). The van der Waals surface area contributed by atoms with Crippen LogP contribution in [0.15, 0.2) is 66.9 Å². The zero-order valence-electron chi connectivity index (χ0n) is 19.7. The van der Waals surface area contributed by atoms with Crippen LogP contribution in [0, 0.1) is 5.82 Å². The molecule has 8 heteroatoms. The van der Waals surface area contributed by atoms with Crippen LogP contribution in [0.3, 0.4) is 0 Å². The van der Waals surface area contributed by atoms with Gasteiger partial charge in [-0.25, -0.2) is 17.8 Å². The lowest BCUT2D eigenvalue weighted by Crippen LogP contribution is -2.40. The van der Waals surface area contributed by atoms with Crippen molar-refractivity contribution < 1.29 is 12.8 Å². The summed E-state index contributed by atoms with van der Waals surface area (Å²) >= 11 is 0. The van der Waals surface area contributed by atoms with E-state index in [1.54, 1.807) is 13.1 Å². The van der Waals surface area contributed by atoms with E-state index < -0.39 is 9.84 Å². The molecule has 182 valence electrons. The molecule has 2 aromatic heterocycles. The highest BCUT2D eigenvalue weighted by atomic mass is 32.2. The number of hydrogen-bond donors (Lipinski definition) is 1.